The largest absolute Gasteiger partial charge is 0.340 e. The summed E-state index contributed by atoms with van der Waals surface area (Å²) >= 11 is 5.73. The predicted octanol–water partition coefficient (Wildman–Crippen LogP) is 3.36. The topological polar surface area (TPSA) is 50.7 Å². The van der Waals surface area contributed by atoms with E-state index >= 15 is 0 Å². The molecule has 0 fully saturated rings. The Morgan fingerprint density at radius 2 is 2.16 bits per heavy atom. The number of benzene rings is 1. The maximum absolute atomic E-state index is 13.1. The minimum Gasteiger partial charge on any atom is -0.340 e. The predicted molar refractivity (Wildman–Crippen MR) is 70.9 cm³/mol. The summed E-state index contributed by atoms with van der Waals surface area (Å²) in [6.07, 6.45) is 5.75. The van der Waals surface area contributed by atoms with Gasteiger partial charge in [-0.25, -0.2) is 14.4 Å². The highest BCUT2D eigenvalue weighted by Gasteiger charge is 2.05. The molecule has 0 saturated heterocycles. The van der Waals surface area contributed by atoms with Crippen LogP contribution in [0.5, 0.6) is 0 Å². The van der Waals surface area contributed by atoms with E-state index in [9.17, 15) is 4.39 Å². The molecule has 2 aromatic heterocycles. The SMILES string of the molecule is Fc1ccc(Nc2ncnc3cn[c]cc23)cc1Cl. The van der Waals surface area contributed by atoms with E-state index in [1.165, 1.54) is 18.5 Å². The number of anilines is 2. The molecule has 0 bridgehead atoms. The number of nitrogens with one attached hydrogen (secondary N) is 1. The Hall–Kier alpha value is -2.27. The summed E-state index contributed by atoms with van der Waals surface area (Å²) in [7, 11) is 0. The second-order valence-electron chi connectivity index (χ2n) is 3.81. The van der Waals surface area contributed by atoms with Crippen molar-refractivity contribution in [1.29, 1.82) is 0 Å². The van der Waals surface area contributed by atoms with Crippen molar-refractivity contribution >= 4 is 34.0 Å². The highest BCUT2D eigenvalue weighted by atomic mass is 35.5. The van der Waals surface area contributed by atoms with Gasteiger partial charge in [0.25, 0.3) is 0 Å². The summed E-state index contributed by atoms with van der Waals surface area (Å²) in [6.45, 7) is 0. The van der Waals surface area contributed by atoms with Gasteiger partial charge in [-0.15, -0.1) is 0 Å². The average molecular weight is 274 g/mol. The molecule has 0 unspecified atom stereocenters. The van der Waals surface area contributed by atoms with Gasteiger partial charge in [-0.2, -0.15) is 0 Å². The molecule has 0 saturated carbocycles. The molecule has 6 heteroatoms. The van der Waals surface area contributed by atoms with Crippen molar-refractivity contribution in [3.05, 3.63) is 53.8 Å². The minimum absolute atomic E-state index is 0.0524. The standard InChI is InChI=1S/C13H7ClFN4/c14-10-5-8(1-2-11(10)15)19-13-9-3-4-16-6-12(9)17-7-18-13/h1-3,5-7H,(H,17,18,19). The van der Waals surface area contributed by atoms with Crippen LogP contribution >= 0.6 is 11.6 Å². The van der Waals surface area contributed by atoms with Gasteiger partial charge in [0.15, 0.2) is 0 Å². The Bertz CT molecular complexity index is 742. The Balaban J connectivity index is 2.03. The van der Waals surface area contributed by atoms with Crippen molar-refractivity contribution in [3.8, 4) is 0 Å². The molecule has 0 amide bonds. The van der Waals surface area contributed by atoms with Crippen LogP contribution in [-0.4, -0.2) is 15.0 Å². The van der Waals surface area contributed by atoms with Crippen LogP contribution in [0.2, 0.25) is 5.02 Å². The second-order valence-corrected chi connectivity index (χ2v) is 4.21. The first kappa shape index (κ1) is 11.8. The molecule has 93 valence electrons. The van der Waals surface area contributed by atoms with Crippen molar-refractivity contribution in [3.63, 3.8) is 0 Å². The van der Waals surface area contributed by atoms with Gasteiger partial charge in [-0.3, -0.25) is 4.98 Å². The molecule has 0 aliphatic carbocycles. The second kappa shape index (κ2) is 4.78. The molecule has 0 spiro atoms. The highest BCUT2D eigenvalue weighted by molar-refractivity contribution is 6.31. The average Bonchev–Trinajstić information content (AvgIpc) is 2.43. The van der Waals surface area contributed by atoms with E-state index in [1.807, 2.05) is 0 Å². The number of pyridine rings is 1. The quantitative estimate of drug-likeness (QED) is 0.778. The lowest BCUT2D eigenvalue weighted by Crippen LogP contribution is -1.96. The summed E-state index contributed by atoms with van der Waals surface area (Å²) in [5.41, 5.74) is 1.34. The molecule has 0 aliphatic heterocycles. The fourth-order valence-corrected chi connectivity index (χ4v) is 1.85. The first-order valence-electron chi connectivity index (χ1n) is 5.43. The van der Waals surface area contributed by atoms with E-state index in [4.69, 9.17) is 11.6 Å². The van der Waals surface area contributed by atoms with Crippen molar-refractivity contribution in [2.75, 3.05) is 5.32 Å². The fraction of sp³-hybridized carbons (Fsp3) is 0. The lowest BCUT2D eigenvalue weighted by Gasteiger charge is -2.08. The molecule has 1 radical (unpaired) electrons. The summed E-state index contributed by atoms with van der Waals surface area (Å²) in [6, 6.07) is 6.06. The van der Waals surface area contributed by atoms with Gasteiger partial charge in [-0.05, 0) is 24.3 Å². The first-order chi connectivity index (χ1) is 9.24. The van der Waals surface area contributed by atoms with Crippen LogP contribution in [0.15, 0.2) is 36.8 Å². The van der Waals surface area contributed by atoms with E-state index in [2.05, 4.69) is 26.5 Å². The van der Waals surface area contributed by atoms with Gasteiger partial charge in [0.2, 0.25) is 0 Å². The van der Waals surface area contributed by atoms with E-state index in [-0.39, 0.29) is 5.02 Å². The number of halogens is 2. The van der Waals surface area contributed by atoms with Crippen LogP contribution < -0.4 is 5.32 Å². The molecule has 19 heavy (non-hydrogen) atoms. The fourth-order valence-electron chi connectivity index (χ4n) is 1.66. The molecule has 3 aromatic rings. The number of hydrogen-bond donors (Lipinski definition) is 1. The molecule has 4 nitrogen and oxygen atoms in total. The smallest absolute Gasteiger partial charge is 0.141 e. The summed E-state index contributed by atoms with van der Waals surface area (Å²) in [4.78, 5) is 12.1. The van der Waals surface area contributed by atoms with Crippen LogP contribution in [0, 0.1) is 12.0 Å². The molecule has 2 heterocycles. The van der Waals surface area contributed by atoms with Crippen molar-refractivity contribution in [1.82, 2.24) is 15.0 Å². The molecular weight excluding hydrogens is 267 g/mol. The Labute approximate surface area is 113 Å². The molecular formula is C13H7ClFN4. The zero-order valence-corrected chi connectivity index (χ0v) is 10.3. The van der Waals surface area contributed by atoms with E-state index in [0.717, 1.165) is 5.39 Å². The Kier molecular flexibility index (Phi) is 2.97. The van der Waals surface area contributed by atoms with Gasteiger partial charge < -0.3 is 5.32 Å². The lowest BCUT2D eigenvalue weighted by atomic mass is 10.2. The zero-order valence-electron chi connectivity index (χ0n) is 9.56. The van der Waals surface area contributed by atoms with E-state index in [1.54, 1.807) is 18.3 Å². The number of aromatic nitrogens is 3. The van der Waals surface area contributed by atoms with Crippen molar-refractivity contribution in [2.24, 2.45) is 0 Å². The Morgan fingerprint density at radius 1 is 1.26 bits per heavy atom. The summed E-state index contributed by atoms with van der Waals surface area (Å²) in [5.74, 6) is 0.128. The van der Waals surface area contributed by atoms with Crippen LogP contribution in [0.1, 0.15) is 0 Å². The summed E-state index contributed by atoms with van der Waals surface area (Å²) < 4.78 is 13.1. The third kappa shape index (κ3) is 2.32. The van der Waals surface area contributed by atoms with Gasteiger partial charge >= 0.3 is 0 Å². The Morgan fingerprint density at radius 3 is 3.00 bits per heavy atom. The zero-order chi connectivity index (χ0) is 13.2. The summed E-state index contributed by atoms with van der Waals surface area (Å²) in [5, 5.41) is 3.89. The maximum Gasteiger partial charge on any atom is 0.141 e. The van der Waals surface area contributed by atoms with Crippen molar-refractivity contribution < 1.29 is 4.39 Å². The number of fused-ring (bicyclic) bond motifs is 1. The first-order valence-corrected chi connectivity index (χ1v) is 5.81. The van der Waals surface area contributed by atoms with Gasteiger partial charge in [0.05, 0.1) is 22.9 Å². The molecule has 1 N–H and O–H groups in total. The third-order valence-electron chi connectivity index (χ3n) is 2.57. The lowest BCUT2D eigenvalue weighted by molar-refractivity contribution is 0.628. The number of nitrogens with zero attached hydrogens (tertiary/aromatic N) is 3. The van der Waals surface area contributed by atoms with E-state index < -0.39 is 5.82 Å². The monoisotopic (exact) mass is 273 g/mol. The molecule has 0 atom stereocenters. The van der Waals surface area contributed by atoms with Crippen LogP contribution in [-0.2, 0) is 0 Å². The third-order valence-corrected chi connectivity index (χ3v) is 2.86. The molecule has 1 aromatic carbocycles. The van der Waals surface area contributed by atoms with Gasteiger partial charge in [-0.1, -0.05) is 11.6 Å². The van der Waals surface area contributed by atoms with Crippen LogP contribution in [0.25, 0.3) is 10.9 Å². The number of hydrogen-bond acceptors (Lipinski definition) is 4. The molecule has 3 rings (SSSR count). The van der Waals surface area contributed by atoms with Crippen molar-refractivity contribution in [2.45, 2.75) is 0 Å². The van der Waals surface area contributed by atoms with Crippen LogP contribution in [0.4, 0.5) is 15.9 Å². The highest BCUT2D eigenvalue weighted by Crippen LogP contribution is 2.25. The maximum atomic E-state index is 13.1. The van der Waals surface area contributed by atoms with Gasteiger partial charge in [0, 0.05) is 11.1 Å². The van der Waals surface area contributed by atoms with Crippen LogP contribution in [0.3, 0.4) is 0 Å². The number of rotatable bonds is 2. The molecule has 0 aliphatic rings. The van der Waals surface area contributed by atoms with E-state index in [0.29, 0.717) is 17.0 Å². The minimum atomic E-state index is -0.461. The van der Waals surface area contributed by atoms with Gasteiger partial charge in [0.1, 0.15) is 18.0 Å². The normalized spacial score (nSPS) is 10.6.